The van der Waals surface area contributed by atoms with Crippen molar-refractivity contribution in [3.63, 3.8) is 0 Å². The summed E-state index contributed by atoms with van der Waals surface area (Å²) in [6.07, 6.45) is 0. The zero-order chi connectivity index (χ0) is 15.6. The minimum atomic E-state index is -1.07. The van der Waals surface area contributed by atoms with Crippen LogP contribution in [0.15, 0.2) is 30.3 Å². The van der Waals surface area contributed by atoms with Gasteiger partial charge in [0, 0.05) is 12.6 Å². The van der Waals surface area contributed by atoms with Gasteiger partial charge in [-0.15, -0.1) is 0 Å². The lowest BCUT2D eigenvalue weighted by Gasteiger charge is -2.10. The zero-order valence-electron chi connectivity index (χ0n) is 10.6. The summed E-state index contributed by atoms with van der Waals surface area (Å²) in [6, 6.07) is 4.63. The Labute approximate surface area is 117 Å². The van der Waals surface area contributed by atoms with Gasteiger partial charge in [0.05, 0.1) is 11.3 Å². The van der Waals surface area contributed by atoms with Crippen LogP contribution in [0.2, 0.25) is 0 Å². The topological polar surface area (TPSA) is 55.1 Å². The Bertz CT molecular complexity index is 704. The zero-order valence-corrected chi connectivity index (χ0v) is 10.6. The van der Waals surface area contributed by atoms with Crippen LogP contribution in [0.3, 0.4) is 0 Å². The second-order valence-electron chi connectivity index (χ2n) is 4.28. The van der Waals surface area contributed by atoms with Crippen molar-refractivity contribution in [2.45, 2.75) is 6.54 Å². The molecule has 1 amide bonds. The Morgan fingerprint density at radius 1 is 0.952 bits per heavy atom. The molecule has 3 N–H and O–H groups in total. The van der Waals surface area contributed by atoms with Gasteiger partial charge in [0.2, 0.25) is 0 Å². The first-order valence-corrected chi connectivity index (χ1v) is 5.85. The van der Waals surface area contributed by atoms with Crippen molar-refractivity contribution in [2.75, 3.05) is 5.32 Å². The van der Waals surface area contributed by atoms with Gasteiger partial charge in [-0.3, -0.25) is 4.79 Å². The third kappa shape index (κ3) is 3.31. The van der Waals surface area contributed by atoms with E-state index in [1.807, 2.05) is 0 Å². The van der Waals surface area contributed by atoms with Crippen LogP contribution >= 0.6 is 0 Å². The van der Waals surface area contributed by atoms with Gasteiger partial charge < -0.3 is 11.1 Å². The van der Waals surface area contributed by atoms with Gasteiger partial charge >= 0.3 is 0 Å². The number of amides is 1. The summed E-state index contributed by atoms with van der Waals surface area (Å²) in [5.74, 6) is -5.07. The smallest absolute Gasteiger partial charge is 0.251 e. The molecule has 0 aliphatic heterocycles. The van der Waals surface area contributed by atoms with E-state index in [9.17, 15) is 22.4 Å². The van der Waals surface area contributed by atoms with Gasteiger partial charge in [0.15, 0.2) is 11.6 Å². The van der Waals surface area contributed by atoms with E-state index in [4.69, 9.17) is 5.73 Å². The van der Waals surface area contributed by atoms with Crippen LogP contribution in [0.5, 0.6) is 0 Å². The number of halogens is 4. The monoisotopic (exact) mass is 298 g/mol. The number of nitrogens with two attached hydrogens (primary N) is 1. The Morgan fingerprint density at radius 3 is 2.29 bits per heavy atom. The predicted octanol–water partition coefficient (Wildman–Crippen LogP) is 2.95. The molecule has 21 heavy (non-hydrogen) atoms. The summed E-state index contributed by atoms with van der Waals surface area (Å²) in [5, 5.41) is 2.56. The van der Waals surface area contributed by atoms with Crippen molar-refractivity contribution in [1.82, 2.24) is 0 Å². The number of benzene rings is 2. The molecule has 0 unspecified atom stereocenters. The van der Waals surface area contributed by atoms with Crippen LogP contribution in [-0.2, 0) is 6.54 Å². The normalized spacial score (nSPS) is 10.5. The molecule has 3 nitrogen and oxygen atoms in total. The second-order valence-corrected chi connectivity index (χ2v) is 4.28. The Balaban J connectivity index is 2.21. The summed E-state index contributed by atoms with van der Waals surface area (Å²) in [6.45, 7) is -0.0437. The lowest BCUT2D eigenvalue weighted by Crippen LogP contribution is -2.14. The van der Waals surface area contributed by atoms with E-state index in [2.05, 4.69) is 5.32 Å². The molecule has 110 valence electrons. The highest BCUT2D eigenvalue weighted by Gasteiger charge is 2.13. The summed E-state index contributed by atoms with van der Waals surface area (Å²) in [5.41, 5.74) is 4.66. The summed E-state index contributed by atoms with van der Waals surface area (Å²) >= 11 is 0. The van der Waals surface area contributed by atoms with Gasteiger partial charge in [-0.1, -0.05) is 6.07 Å². The molecular weight excluding hydrogens is 288 g/mol. The number of rotatable bonds is 4. The van der Waals surface area contributed by atoms with E-state index in [0.29, 0.717) is 11.6 Å². The summed E-state index contributed by atoms with van der Waals surface area (Å²) in [4.78, 5) is 11.0. The molecule has 2 aromatic rings. The molecule has 0 bridgehead atoms. The number of carbonyl (C=O) groups excluding carboxylic acids is 1. The van der Waals surface area contributed by atoms with Crippen molar-refractivity contribution in [2.24, 2.45) is 5.73 Å². The number of carbonyl (C=O) groups is 1. The van der Waals surface area contributed by atoms with E-state index >= 15 is 0 Å². The average molecular weight is 298 g/mol. The van der Waals surface area contributed by atoms with Gasteiger partial charge in [-0.2, -0.15) is 0 Å². The van der Waals surface area contributed by atoms with E-state index < -0.39 is 34.7 Å². The molecule has 2 aromatic carbocycles. The molecule has 0 spiro atoms. The van der Waals surface area contributed by atoms with Gasteiger partial charge in [-0.05, 0) is 23.8 Å². The number of primary amides is 1. The first-order chi connectivity index (χ1) is 9.88. The Kier molecular flexibility index (Phi) is 4.11. The maximum atomic E-state index is 13.6. The SMILES string of the molecule is NC(=O)c1cc(NCc2ccc(F)c(F)c2)c(F)cc1F. The van der Waals surface area contributed by atoms with Crippen molar-refractivity contribution in [3.8, 4) is 0 Å². The van der Waals surface area contributed by atoms with Crippen molar-refractivity contribution < 1.29 is 22.4 Å². The molecular formula is C14H10F4N2O. The van der Waals surface area contributed by atoms with E-state index in [-0.39, 0.29) is 12.2 Å². The first-order valence-electron chi connectivity index (χ1n) is 5.85. The molecule has 0 heterocycles. The Hall–Kier alpha value is -2.57. The van der Waals surface area contributed by atoms with Gasteiger partial charge in [0.1, 0.15) is 11.6 Å². The fraction of sp³-hybridized carbons (Fsp3) is 0.0714. The van der Waals surface area contributed by atoms with Crippen LogP contribution in [0.1, 0.15) is 15.9 Å². The van der Waals surface area contributed by atoms with Crippen LogP contribution in [0.4, 0.5) is 23.2 Å². The molecule has 0 aliphatic rings. The van der Waals surface area contributed by atoms with Crippen LogP contribution in [0.25, 0.3) is 0 Å². The molecule has 2 rings (SSSR count). The maximum absolute atomic E-state index is 13.6. The molecule has 0 fully saturated rings. The number of nitrogens with one attached hydrogen (secondary N) is 1. The third-order valence-electron chi connectivity index (χ3n) is 2.79. The summed E-state index contributed by atoms with van der Waals surface area (Å²) in [7, 11) is 0. The lowest BCUT2D eigenvalue weighted by molar-refractivity contribution is 0.0996. The molecule has 0 saturated carbocycles. The minimum Gasteiger partial charge on any atom is -0.379 e. The van der Waals surface area contributed by atoms with E-state index in [1.54, 1.807) is 0 Å². The fourth-order valence-corrected chi connectivity index (χ4v) is 1.72. The van der Waals surface area contributed by atoms with Crippen LogP contribution in [-0.4, -0.2) is 5.91 Å². The highest BCUT2D eigenvalue weighted by atomic mass is 19.2. The highest BCUT2D eigenvalue weighted by molar-refractivity contribution is 5.94. The molecule has 0 saturated heterocycles. The fourth-order valence-electron chi connectivity index (χ4n) is 1.72. The number of anilines is 1. The summed E-state index contributed by atoms with van der Waals surface area (Å²) < 4.78 is 52.6. The van der Waals surface area contributed by atoms with Crippen LogP contribution in [0, 0.1) is 23.3 Å². The first kappa shape index (κ1) is 14.8. The standard InChI is InChI=1S/C14H10F4N2O/c15-9-2-1-7(3-11(9)17)6-20-13-4-8(14(19)21)10(16)5-12(13)18/h1-5,20H,6H2,(H2,19,21). The number of hydrogen-bond acceptors (Lipinski definition) is 2. The lowest BCUT2D eigenvalue weighted by atomic mass is 10.1. The van der Waals surface area contributed by atoms with Crippen LogP contribution < -0.4 is 11.1 Å². The maximum Gasteiger partial charge on any atom is 0.251 e. The molecule has 0 aliphatic carbocycles. The highest BCUT2D eigenvalue weighted by Crippen LogP contribution is 2.20. The second kappa shape index (κ2) is 5.82. The quantitative estimate of drug-likeness (QED) is 0.853. The van der Waals surface area contributed by atoms with Crippen molar-refractivity contribution >= 4 is 11.6 Å². The average Bonchev–Trinajstić information content (AvgIpc) is 2.41. The molecule has 7 heteroatoms. The van der Waals surface area contributed by atoms with Crippen molar-refractivity contribution in [3.05, 3.63) is 64.7 Å². The number of hydrogen-bond donors (Lipinski definition) is 2. The van der Waals surface area contributed by atoms with Gasteiger partial charge in [0.25, 0.3) is 5.91 Å². The Morgan fingerprint density at radius 2 is 1.67 bits per heavy atom. The van der Waals surface area contributed by atoms with Crippen molar-refractivity contribution in [1.29, 1.82) is 0 Å². The minimum absolute atomic E-state index is 0.0437. The largest absolute Gasteiger partial charge is 0.379 e. The van der Waals surface area contributed by atoms with E-state index in [0.717, 1.165) is 18.2 Å². The van der Waals surface area contributed by atoms with E-state index in [1.165, 1.54) is 6.07 Å². The predicted molar refractivity (Wildman–Crippen MR) is 68.6 cm³/mol. The van der Waals surface area contributed by atoms with Gasteiger partial charge in [-0.25, -0.2) is 17.6 Å². The molecule has 0 aromatic heterocycles. The molecule has 0 atom stereocenters. The molecule has 0 radical (unpaired) electrons. The third-order valence-corrected chi connectivity index (χ3v) is 2.79.